The van der Waals surface area contributed by atoms with Gasteiger partial charge < -0.3 is 10.1 Å². The maximum Gasteiger partial charge on any atom is 0.0702 e. The van der Waals surface area contributed by atoms with Crippen molar-refractivity contribution in [2.75, 3.05) is 26.7 Å². The highest BCUT2D eigenvalue weighted by molar-refractivity contribution is 5.30. The van der Waals surface area contributed by atoms with Gasteiger partial charge in [0.2, 0.25) is 0 Å². The van der Waals surface area contributed by atoms with Crippen molar-refractivity contribution in [3.63, 3.8) is 0 Å². The summed E-state index contributed by atoms with van der Waals surface area (Å²) < 4.78 is 5.93. The molecule has 2 atom stereocenters. The minimum absolute atomic E-state index is 0.438. The van der Waals surface area contributed by atoms with Crippen LogP contribution in [0.3, 0.4) is 0 Å². The quantitative estimate of drug-likeness (QED) is 0.911. The summed E-state index contributed by atoms with van der Waals surface area (Å²) in [6.07, 6.45) is 5.38. The summed E-state index contributed by atoms with van der Waals surface area (Å²) in [6.45, 7) is 4.16. The van der Waals surface area contributed by atoms with E-state index in [0.29, 0.717) is 12.1 Å². The molecule has 1 saturated heterocycles. The van der Waals surface area contributed by atoms with Gasteiger partial charge in [0, 0.05) is 32.3 Å². The monoisotopic (exact) mass is 274 g/mol. The number of nitrogens with one attached hydrogen (secondary N) is 1. The van der Waals surface area contributed by atoms with Gasteiger partial charge >= 0.3 is 0 Å². The highest BCUT2D eigenvalue weighted by atomic mass is 16.5. The third-order valence-corrected chi connectivity index (χ3v) is 4.62. The molecule has 2 heterocycles. The maximum atomic E-state index is 5.93. The molecule has 0 aliphatic carbocycles. The maximum absolute atomic E-state index is 5.93. The molecule has 3 rings (SSSR count). The largest absolute Gasteiger partial charge is 0.377 e. The van der Waals surface area contributed by atoms with Crippen LogP contribution >= 0.6 is 0 Å². The standard InChI is InChI=1S/C17H26N2O/c1-18-11-16-10-14-6-2-3-7-15(14)12-19(16)13-17-8-4-5-9-20-17/h2-3,6-7,16-18H,4-5,8-13H2,1H3. The van der Waals surface area contributed by atoms with Crippen LogP contribution in [0.5, 0.6) is 0 Å². The molecule has 1 fully saturated rings. The zero-order valence-electron chi connectivity index (χ0n) is 12.5. The third kappa shape index (κ3) is 3.22. The van der Waals surface area contributed by atoms with E-state index < -0.39 is 0 Å². The van der Waals surface area contributed by atoms with Crippen LogP contribution in [0, 0.1) is 0 Å². The van der Waals surface area contributed by atoms with Crippen LogP contribution in [-0.4, -0.2) is 43.8 Å². The van der Waals surface area contributed by atoms with Crippen molar-refractivity contribution in [3.05, 3.63) is 35.4 Å². The predicted molar refractivity (Wildman–Crippen MR) is 81.9 cm³/mol. The van der Waals surface area contributed by atoms with E-state index in [-0.39, 0.29) is 0 Å². The summed E-state index contributed by atoms with van der Waals surface area (Å²) in [4.78, 5) is 2.62. The third-order valence-electron chi connectivity index (χ3n) is 4.62. The van der Waals surface area contributed by atoms with Crippen molar-refractivity contribution in [1.29, 1.82) is 0 Å². The normalized spacial score (nSPS) is 27.2. The number of benzene rings is 1. The molecule has 3 nitrogen and oxygen atoms in total. The first-order chi connectivity index (χ1) is 9.86. The topological polar surface area (TPSA) is 24.5 Å². The zero-order valence-corrected chi connectivity index (χ0v) is 12.5. The van der Waals surface area contributed by atoms with Crippen molar-refractivity contribution in [2.45, 2.75) is 44.4 Å². The smallest absolute Gasteiger partial charge is 0.0702 e. The number of rotatable bonds is 4. The van der Waals surface area contributed by atoms with Gasteiger partial charge in [-0.05, 0) is 43.9 Å². The molecule has 110 valence electrons. The SMILES string of the molecule is CNCC1Cc2ccccc2CN1CC1CCCCO1. The van der Waals surface area contributed by atoms with Crippen molar-refractivity contribution < 1.29 is 4.74 Å². The molecular weight excluding hydrogens is 248 g/mol. The summed E-state index contributed by atoms with van der Waals surface area (Å²) in [5, 5.41) is 3.35. The highest BCUT2D eigenvalue weighted by Gasteiger charge is 2.28. The molecule has 3 heteroatoms. The predicted octanol–water partition coefficient (Wildman–Crippen LogP) is 2.20. The van der Waals surface area contributed by atoms with E-state index >= 15 is 0 Å². The van der Waals surface area contributed by atoms with Gasteiger partial charge in [0.15, 0.2) is 0 Å². The van der Waals surface area contributed by atoms with Gasteiger partial charge in [-0.2, -0.15) is 0 Å². The minimum Gasteiger partial charge on any atom is -0.377 e. The van der Waals surface area contributed by atoms with E-state index in [0.717, 1.165) is 32.7 Å². The number of ether oxygens (including phenoxy) is 1. The molecule has 0 amide bonds. The highest BCUT2D eigenvalue weighted by Crippen LogP contribution is 2.25. The Morgan fingerprint density at radius 3 is 2.85 bits per heavy atom. The average molecular weight is 274 g/mol. The molecule has 2 unspecified atom stereocenters. The van der Waals surface area contributed by atoms with Crippen molar-refractivity contribution >= 4 is 0 Å². The van der Waals surface area contributed by atoms with Crippen molar-refractivity contribution in [1.82, 2.24) is 10.2 Å². The Morgan fingerprint density at radius 2 is 2.10 bits per heavy atom. The molecule has 0 radical (unpaired) electrons. The van der Waals surface area contributed by atoms with E-state index in [1.165, 1.54) is 30.4 Å². The van der Waals surface area contributed by atoms with Crippen molar-refractivity contribution in [3.8, 4) is 0 Å². The van der Waals surface area contributed by atoms with Crippen LogP contribution in [-0.2, 0) is 17.7 Å². The number of nitrogens with zero attached hydrogens (tertiary/aromatic N) is 1. The fourth-order valence-corrected chi connectivity index (χ4v) is 3.51. The molecule has 20 heavy (non-hydrogen) atoms. The Morgan fingerprint density at radius 1 is 1.25 bits per heavy atom. The lowest BCUT2D eigenvalue weighted by molar-refractivity contribution is -0.0174. The van der Waals surface area contributed by atoms with Crippen LogP contribution in [0.2, 0.25) is 0 Å². The number of fused-ring (bicyclic) bond motifs is 1. The van der Waals surface area contributed by atoms with E-state index in [9.17, 15) is 0 Å². The molecule has 0 aromatic heterocycles. The molecule has 1 N–H and O–H groups in total. The van der Waals surface area contributed by atoms with E-state index in [2.05, 4.69) is 41.5 Å². The number of likely N-dealkylation sites (N-methyl/N-ethyl adjacent to an activating group) is 1. The fraction of sp³-hybridized carbons (Fsp3) is 0.647. The second-order valence-electron chi connectivity index (χ2n) is 6.10. The van der Waals surface area contributed by atoms with Gasteiger partial charge in [-0.15, -0.1) is 0 Å². The van der Waals surface area contributed by atoms with Gasteiger partial charge in [0.25, 0.3) is 0 Å². The van der Waals surface area contributed by atoms with Crippen LogP contribution in [0.4, 0.5) is 0 Å². The molecule has 2 aliphatic rings. The first-order valence-corrected chi connectivity index (χ1v) is 7.94. The van der Waals surface area contributed by atoms with Gasteiger partial charge in [0.05, 0.1) is 6.10 Å². The summed E-state index contributed by atoms with van der Waals surface area (Å²) in [5.41, 5.74) is 3.02. The Hall–Kier alpha value is -0.900. The van der Waals surface area contributed by atoms with Crippen LogP contribution in [0.1, 0.15) is 30.4 Å². The van der Waals surface area contributed by atoms with Crippen LogP contribution in [0.15, 0.2) is 24.3 Å². The molecule has 0 spiro atoms. The van der Waals surface area contributed by atoms with Crippen LogP contribution < -0.4 is 5.32 Å². The zero-order chi connectivity index (χ0) is 13.8. The second kappa shape index (κ2) is 6.70. The lowest BCUT2D eigenvalue weighted by atomic mass is 9.93. The van der Waals surface area contributed by atoms with Gasteiger partial charge in [-0.3, -0.25) is 4.90 Å². The second-order valence-corrected chi connectivity index (χ2v) is 6.10. The lowest BCUT2D eigenvalue weighted by Crippen LogP contribution is -2.49. The summed E-state index contributed by atoms with van der Waals surface area (Å²) in [5.74, 6) is 0. The molecule has 1 aromatic rings. The van der Waals surface area contributed by atoms with Crippen molar-refractivity contribution in [2.24, 2.45) is 0 Å². The average Bonchev–Trinajstić information content (AvgIpc) is 2.49. The van der Waals surface area contributed by atoms with E-state index in [1.54, 1.807) is 0 Å². The summed E-state index contributed by atoms with van der Waals surface area (Å²) >= 11 is 0. The molecular formula is C17H26N2O. The van der Waals surface area contributed by atoms with Gasteiger partial charge in [-0.1, -0.05) is 24.3 Å². The first-order valence-electron chi connectivity index (χ1n) is 7.94. The Balaban J connectivity index is 1.70. The fourth-order valence-electron chi connectivity index (χ4n) is 3.51. The molecule has 0 bridgehead atoms. The lowest BCUT2D eigenvalue weighted by Gasteiger charge is -2.39. The molecule has 1 aromatic carbocycles. The van der Waals surface area contributed by atoms with Crippen LogP contribution in [0.25, 0.3) is 0 Å². The molecule has 0 saturated carbocycles. The Bertz CT molecular complexity index is 429. The number of hydrogen-bond donors (Lipinski definition) is 1. The molecule has 2 aliphatic heterocycles. The Kier molecular flexibility index (Phi) is 4.71. The number of hydrogen-bond acceptors (Lipinski definition) is 3. The minimum atomic E-state index is 0.438. The summed E-state index contributed by atoms with van der Waals surface area (Å²) in [6, 6.07) is 9.48. The first kappa shape index (κ1) is 14.1. The Labute approximate surface area is 122 Å². The summed E-state index contributed by atoms with van der Waals surface area (Å²) in [7, 11) is 2.05. The van der Waals surface area contributed by atoms with Gasteiger partial charge in [0.1, 0.15) is 0 Å². The van der Waals surface area contributed by atoms with E-state index in [1.807, 2.05) is 0 Å². The van der Waals surface area contributed by atoms with E-state index in [4.69, 9.17) is 4.74 Å². The van der Waals surface area contributed by atoms with Gasteiger partial charge in [-0.25, -0.2) is 0 Å².